The molecule has 0 spiro atoms. The van der Waals surface area contributed by atoms with Crippen LogP contribution in [0.2, 0.25) is 0 Å². The average molecular weight is 437 g/mol. The molecule has 0 unspecified atom stereocenters. The number of benzene rings is 1. The number of hydrogen-bond acceptors (Lipinski definition) is 4. The lowest BCUT2D eigenvalue weighted by molar-refractivity contribution is 0.0710. The van der Waals surface area contributed by atoms with Gasteiger partial charge in [-0.1, -0.05) is 18.2 Å². The number of imidazole rings is 1. The van der Waals surface area contributed by atoms with Crippen LogP contribution in [0.3, 0.4) is 0 Å². The van der Waals surface area contributed by atoms with Gasteiger partial charge in [0.2, 0.25) is 0 Å². The van der Waals surface area contributed by atoms with Crippen molar-refractivity contribution in [2.45, 2.75) is 32.4 Å². The van der Waals surface area contributed by atoms with Crippen molar-refractivity contribution in [3.05, 3.63) is 65.6 Å². The van der Waals surface area contributed by atoms with Crippen LogP contribution in [0.15, 0.2) is 48.8 Å². The number of amides is 1. The molecule has 0 radical (unpaired) electrons. The summed E-state index contributed by atoms with van der Waals surface area (Å²) in [6.07, 6.45) is 5.61. The number of piperidine rings is 1. The lowest BCUT2D eigenvalue weighted by Gasteiger charge is -2.30. The predicted octanol–water partition coefficient (Wildman–Crippen LogP) is 3.63. The van der Waals surface area contributed by atoms with Crippen molar-refractivity contribution in [1.82, 2.24) is 14.3 Å². The maximum Gasteiger partial charge on any atom is 0.257 e. The lowest BCUT2D eigenvalue weighted by Crippen LogP contribution is -2.42. The third-order valence-electron chi connectivity index (χ3n) is 5.05. The number of carbonyl (C=O) groups is 1. The van der Waals surface area contributed by atoms with Crippen LogP contribution < -0.4 is 10.5 Å². The molecule has 1 saturated heterocycles. The largest absolute Gasteiger partial charge is 0.486 e. The minimum absolute atomic E-state index is 0. The molecule has 29 heavy (non-hydrogen) atoms. The van der Waals surface area contributed by atoms with Crippen molar-refractivity contribution >= 4 is 36.4 Å². The van der Waals surface area contributed by atoms with E-state index in [0.717, 1.165) is 29.7 Å². The second-order valence-corrected chi connectivity index (χ2v) is 7.07. The van der Waals surface area contributed by atoms with Gasteiger partial charge in [0.05, 0.1) is 11.3 Å². The summed E-state index contributed by atoms with van der Waals surface area (Å²) < 4.78 is 7.97. The fourth-order valence-electron chi connectivity index (χ4n) is 3.47. The molecule has 3 aromatic rings. The zero-order chi connectivity index (χ0) is 18.8. The Bertz CT molecular complexity index is 968. The van der Waals surface area contributed by atoms with E-state index in [9.17, 15) is 4.79 Å². The smallest absolute Gasteiger partial charge is 0.257 e. The first-order chi connectivity index (χ1) is 13.1. The molecule has 2 N–H and O–H groups in total. The van der Waals surface area contributed by atoms with Crippen molar-refractivity contribution in [2.24, 2.45) is 5.73 Å². The summed E-state index contributed by atoms with van der Waals surface area (Å²) in [5, 5.41) is 0. The Hall–Kier alpha value is -2.28. The minimum Gasteiger partial charge on any atom is -0.486 e. The Kier molecular flexibility index (Phi) is 7.90. The first-order valence-corrected chi connectivity index (χ1v) is 9.31. The van der Waals surface area contributed by atoms with Gasteiger partial charge in [-0.3, -0.25) is 4.79 Å². The number of nitrogens with zero attached hydrogens (tertiary/aromatic N) is 3. The van der Waals surface area contributed by atoms with E-state index < -0.39 is 0 Å². The van der Waals surface area contributed by atoms with Gasteiger partial charge in [-0.15, -0.1) is 24.8 Å². The second kappa shape index (κ2) is 9.96. The summed E-state index contributed by atoms with van der Waals surface area (Å²) in [5.41, 5.74) is 9.40. The van der Waals surface area contributed by atoms with E-state index in [1.165, 1.54) is 0 Å². The third-order valence-corrected chi connectivity index (χ3v) is 5.05. The van der Waals surface area contributed by atoms with Crippen LogP contribution in [0.4, 0.5) is 0 Å². The zero-order valence-electron chi connectivity index (χ0n) is 16.3. The quantitative estimate of drug-likeness (QED) is 0.677. The number of aromatic nitrogens is 2. The number of aryl methyl sites for hydroxylation is 1. The molecule has 0 atom stereocenters. The fourth-order valence-corrected chi connectivity index (χ4v) is 3.47. The Labute approximate surface area is 182 Å². The lowest BCUT2D eigenvalue weighted by atomic mass is 10.0. The van der Waals surface area contributed by atoms with Gasteiger partial charge < -0.3 is 19.8 Å². The number of carbonyl (C=O) groups excluding carboxylic acids is 1. The first-order valence-electron chi connectivity index (χ1n) is 9.31. The van der Waals surface area contributed by atoms with Crippen molar-refractivity contribution in [1.29, 1.82) is 0 Å². The number of rotatable bonds is 4. The molecule has 3 heterocycles. The number of hydrogen-bond donors (Lipinski definition) is 1. The Morgan fingerprint density at radius 3 is 2.62 bits per heavy atom. The first kappa shape index (κ1) is 23.0. The van der Waals surface area contributed by atoms with E-state index in [2.05, 4.69) is 4.98 Å². The number of likely N-dealkylation sites (tertiary alicyclic amines) is 1. The highest BCUT2D eigenvalue weighted by atomic mass is 35.5. The monoisotopic (exact) mass is 436 g/mol. The summed E-state index contributed by atoms with van der Waals surface area (Å²) in [6, 6.07) is 11.6. The number of fused-ring (bicyclic) bond motifs is 1. The van der Waals surface area contributed by atoms with Crippen LogP contribution in [0, 0.1) is 6.92 Å². The molecule has 4 rings (SSSR count). The van der Waals surface area contributed by atoms with E-state index in [4.69, 9.17) is 10.5 Å². The molecule has 6 nitrogen and oxygen atoms in total. The van der Waals surface area contributed by atoms with Gasteiger partial charge in [0.15, 0.2) is 0 Å². The molecule has 1 aliphatic heterocycles. The average Bonchev–Trinajstić information content (AvgIpc) is 3.11. The highest BCUT2D eigenvalue weighted by Crippen LogP contribution is 2.23. The highest BCUT2D eigenvalue weighted by Gasteiger charge is 2.24. The second-order valence-electron chi connectivity index (χ2n) is 7.07. The summed E-state index contributed by atoms with van der Waals surface area (Å²) in [6.45, 7) is 3.74. The Morgan fingerprint density at radius 2 is 1.90 bits per heavy atom. The SMILES string of the molecule is Cc1cccn2cc(COc3ccccc3C(=O)N3CCC(N)CC3)nc12.Cl.Cl. The van der Waals surface area contributed by atoms with Gasteiger partial charge in [-0.05, 0) is 43.5 Å². The van der Waals surface area contributed by atoms with Gasteiger partial charge in [-0.2, -0.15) is 0 Å². The molecule has 1 aromatic carbocycles. The maximum absolute atomic E-state index is 12.9. The molecular formula is C21H26Cl2N4O2. The van der Waals surface area contributed by atoms with E-state index in [1.807, 2.05) is 65.0 Å². The van der Waals surface area contributed by atoms with Crippen LogP contribution in [-0.2, 0) is 6.61 Å². The molecule has 156 valence electrons. The molecular weight excluding hydrogens is 411 g/mol. The fraction of sp³-hybridized carbons (Fsp3) is 0.333. The minimum atomic E-state index is 0. The van der Waals surface area contributed by atoms with Crippen molar-refractivity contribution in [3.8, 4) is 5.75 Å². The van der Waals surface area contributed by atoms with Gasteiger partial charge in [-0.25, -0.2) is 4.98 Å². The number of pyridine rings is 1. The molecule has 0 aliphatic carbocycles. The maximum atomic E-state index is 12.9. The topological polar surface area (TPSA) is 72.9 Å². The molecule has 1 fully saturated rings. The number of nitrogens with two attached hydrogens (primary N) is 1. The molecule has 0 bridgehead atoms. The van der Waals surface area contributed by atoms with E-state index >= 15 is 0 Å². The Morgan fingerprint density at radius 1 is 1.17 bits per heavy atom. The van der Waals surface area contributed by atoms with Gasteiger partial charge in [0.1, 0.15) is 18.0 Å². The summed E-state index contributed by atoms with van der Waals surface area (Å²) >= 11 is 0. The predicted molar refractivity (Wildman–Crippen MR) is 118 cm³/mol. The van der Waals surface area contributed by atoms with E-state index in [1.54, 1.807) is 0 Å². The van der Waals surface area contributed by atoms with Crippen LogP contribution in [-0.4, -0.2) is 39.3 Å². The van der Waals surface area contributed by atoms with Crippen molar-refractivity contribution < 1.29 is 9.53 Å². The molecule has 1 amide bonds. The van der Waals surface area contributed by atoms with E-state index in [-0.39, 0.29) is 36.8 Å². The van der Waals surface area contributed by atoms with Crippen molar-refractivity contribution in [2.75, 3.05) is 13.1 Å². The van der Waals surface area contributed by atoms with Crippen LogP contribution in [0.1, 0.15) is 34.5 Å². The van der Waals surface area contributed by atoms with Crippen LogP contribution >= 0.6 is 24.8 Å². The molecule has 8 heteroatoms. The number of halogens is 2. The standard InChI is InChI=1S/C21H24N4O2.2ClH/c1-15-5-4-10-25-13-17(23-20(15)25)14-27-19-7-3-2-6-18(19)21(26)24-11-8-16(22)9-12-24;;/h2-7,10,13,16H,8-9,11-12,14,22H2,1H3;2*1H. The summed E-state index contributed by atoms with van der Waals surface area (Å²) in [7, 11) is 0. The van der Waals surface area contributed by atoms with Crippen molar-refractivity contribution in [3.63, 3.8) is 0 Å². The van der Waals surface area contributed by atoms with Gasteiger partial charge >= 0.3 is 0 Å². The van der Waals surface area contributed by atoms with Gasteiger partial charge in [0, 0.05) is 31.5 Å². The third kappa shape index (κ3) is 5.01. The number of para-hydroxylation sites is 1. The number of ether oxygens (including phenoxy) is 1. The normalized spacial score (nSPS) is 14.2. The highest BCUT2D eigenvalue weighted by molar-refractivity contribution is 5.97. The zero-order valence-corrected chi connectivity index (χ0v) is 17.9. The van der Waals surface area contributed by atoms with Gasteiger partial charge in [0.25, 0.3) is 5.91 Å². The molecule has 2 aromatic heterocycles. The summed E-state index contributed by atoms with van der Waals surface area (Å²) in [4.78, 5) is 19.4. The summed E-state index contributed by atoms with van der Waals surface area (Å²) in [5.74, 6) is 0.592. The van der Waals surface area contributed by atoms with E-state index in [0.29, 0.717) is 31.0 Å². The molecule has 0 saturated carbocycles. The van der Waals surface area contributed by atoms with Crippen LogP contribution in [0.5, 0.6) is 5.75 Å². The molecule has 1 aliphatic rings. The Balaban J connectivity index is 0.00000150. The van der Waals surface area contributed by atoms with Crippen LogP contribution in [0.25, 0.3) is 5.65 Å².